The first-order valence-electron chi connectivity index (χ1n) is 7.97. The molecule has 2 aromatic carbocycles. The number of nitrogens with two attached hydrogens (primary N) is 1. The minimum Gasteiger partial charge on any atom is -0.493 e. The molecule has 5 nitrogen and oxygen atoms in total. The van der Waals surface area contributed by atoms with Gasteiger partial charge in [0.05, 0.1) is 13.2 Å². The van der Waals surface area contributed by atoms with Gasteiger partial charge in [-0.3, -0.25) is 4.79 Å². The summed E-state index contributed by atoms with van der Waals surface area (Å²) >= 11 is 0. The second-order valence-corrected chi connectivity index (χ2v) is 5.78. The van der Waals surface area contributed by atoms with E-state index in [1.54, 1.807) is 25.3 Å². The van der Waals surface area contributed by atoms with E-state index < -0.39 is 0 Å². The quantitative estimate of drug-likeness (QED) is 0.766. The molecule has 0 radical (unpaired) electrons. The van der Waals surface area contributed by atoms with Crippen molar-refractivity contribution in [2.45, 2.75) is 26.4 Å². The van der Waals surface area contributed by atoms with Crippen LogP contribution in [-0.2, 0) is 6.42 Å². The van der Waals surface area contributed by atoms with E-state index in [1.165, 1.54) is 0 Å². The van der Waals surface area contributed by atoms with Crippen molar-refractivity contribution in [3.63, 3.8) is 0 Å². The Hall–Kier alpha value is -2.69. The monoisotopic (exact) mass is 328 g/mol. The third-order valence-electron chi connectivity index (χ3n) is 3.47. The molecule has 0 aliphatic heterocycles. The van der Waals surface area contributed by atoms with Crippen LogP contribution in [0.15, 0.2) is 42.5 Å². The van der Waals surface area contributed by atoms with E-state index in [0.29, 0.717) is 23.6 Å². The van der Waals surface area contributed by atoms with Crippen LogP contribution in [0.2, 0.25) is 0 Å². The van der Waals surface area contributed by atoms with Crippen LogP contribution in [-0.4, -0.2) is 25.7 Å². The molecule has 0 heterocycles. The SMILES string of the molecule is COc1cc(C(=O)NCCc2ccc(N)cc2)ccc1OC(C)C. The Bertz CT molecular complexity index is 682. The van der Waals surface area contributed by atoms with Crippen molar-refractivity contribution in [2.75, 3.05) is 19.4 Å². The fourth-order valence-electron chi connectivity index (χ4n) is 2.27. The molecular weight excluding hydrogens is 304 g/mol. The Morgan fingerprint density at radius 2 is 1.83 bits per heavy atom. The van der Waals surface area contributed by atoms with E-state index in [0.717, 1.165) is 17.7 Å². The van der Waals surface area contributed by atoms with E-state index in [-0.39, 0.29) is 12.0 Å². The van der Waals surface area contributed by atoms with Crippen LogP contribution in [0.5, 0.6) is 11.5 Å². The van der Waals surface area contributed by atoms with Crippen molar-refractivity contribution < 1.29 is 14.3 Å². The maximum atomic E-state index is 12.3. The van der Waals surface area contributed by atoms with Crippen molar-refractivity contribution in [3.8, 4) is 11.5 Å². The Morgan fingerprint density at radius 1 is 1.12 bits per heavy atom. The van der Waals surface area contributed by atoms with E-state index >= 15 is 0 Å². The van der Waals surface area contributed by atoms with E-state index in [9.17, 15) is 4.79 Å². The zero-order valence-electron chi connectivity index (χ0n) is 14.3. The summed E-state index contributed by atoms with van der Waals surface area (Å²) in [6, 6.07) is 12.8. The van der Waals surface area contributed by atoms with Crippen molar-refractivity contribution in [3.05, 3.63) is 53.6 Å². The molecule has 0 fully saturated rings. The molecule has 5 heteroatoms. The lowest BCUT2D eigenvalue weighted by molar-refractivity contribution is 0.0953. The minimum atomic E-state index is -0.139. The molecule has 0 aliphatic carbocycles. The second kappa shape index (κ2) is 8.24. The zero-order valence-corrected chi connectivity index (χ0v) is 14.3. The number of hydrogen-bond acceptors (Lipinski definition) is 4. The molecule has 0 aliphatic rings. The number of carbonyl (C=O) groups is 1. The molecule has 0 unspecified atom stereocenters. The maximum Gasteiger partial charge on any atom is 0.251 e. The molecule has 0 bridgehead atoms. The molecule has 24 heavy (non-hydrogen) atoms. The number of hydrogen-bond donors (Lipinski definition) is 2. The van der Waals surface area contributed by atoms with Gasteiger partial charge < -0.3 is 20.5 Å². The normalized spacial score (nSPS) is 10.5. The van der Waals surface area contributed by atoms with Crippen LogP contribution < -0.4 is 20.5 Å². The van der Waals surface area contributed by atoms with Crippen molar-refractivity contribution in [2.24, 2.45) is 0 Å². The molecule has 1 amide bonds. The summed E-state index contributed by atoms with van der Waals surface area (Å²) in [5.74, 6) is 1.04. The fourth-order valence-corrected chi connectivity index (χ4v) is 2.27. The number of methoxy groups -OCH3 is 1. The first-order valence-corrected chi connectivity index (χ1v) is 7.97. The van der Waals surface area contributed by atoms with Gasteiger partial charge in [0.25, 0.3) is 5.91 Å². The summed E-state index contributed by atoms with van der Waals surface area (Å²) in [5, 5.41) is 2.91. The highest BCUT2D eigenvalue weighted by Crippen LogP contribution is 2.28. The average Bonchev–Trinajstić information content (AvgIpc) is 2.56. The summed E-state index contributed by atoms with van der Waals surface area (Å²) in [6.07, 6.45) is 0.788. The first-order chi connectivity index (χ1) is 11.5. The number of amides is 1. The topological polar surface area (TPSA) is 73.6 Å². The van der Waals surface area contributed by atoms with Gasteiger partial charge in [-0.05, 0) is 56.2 Å². The molecule has 0 atom stereocenters. The van der Waals surface area contributed by atoms with Gasteiger partial charge in [-0.1, -0.05) is 12.1 Å². The molecule has 2 aromatic rings. The van der Waals surface area contributed by atoms with E-state index in [2.05, 4.69) is 5.32 Å². The predicted octanol–water partition coefficient (Wildman–Crippen LogP) is 3.04. The molecule has 0 aromatic heterocycles. The number of rotatable bonds is 7. The lowest BCUT2D eigenvalue weighted by atomic mass is 10.1. The van der Waals surface area contributed by atoms with Gasteiger partial charge in [-0.15, -0.1) is 0 Å². The standard InChI is InChI=1S/C19H24N2O3/c1-13(2)24-17-9-6-15(12-18(17)23-3)19(22)21-11-10-14-4-7-16(20)8-5-14/h4-9,12-13H,10-11,20H2,1-3H3,(H,21,22). The number of carbonyl (C=O) groups excluding carboxylic acids is 1. The van der Waals surface area contributed by atoms with Crippen molar-refractivity contribution in [1.82, 2.24) is 5.32 Å². The average molecular weight is 328 g/mol. The molecule has 3 N–H and O–H groups in total. The largest absolute Gasteiger partial charge is 0.493 e. The molecule has 128 valence electrons. The van der Waals surface area contributed by atoms with Gasteiger partial charge in [0, 0.05) is 17.8 Å². The molecular formula is C19H24N2O3. The molecule has 0 saturated carbocycles. The zero-order chi connectivity index (χ0) is 17.5. The lowest BCUT2D eigenvalue weighted by Crippen LogP contribution is -2.25. The summed E-state index contributed by atoms with van der Waals surface area (Å²) in [5.41, 5.74) is 8.06. The van der Waals surface area contributed by atoms with Gasteiger partial charge in [-0.2, -0.15) is 0 Å². The van der Waals surface area contributed by atoms with Gasteiger partial charge in [-0.25, -0.2) is 0 Å². The number of anilines is 1. The van der Waals surface area contributed by atoms with E-state index in [4.69, 9.17) is 15.2 Å². The minimum absolute atomic E-state index is 0.0403. The van der Waals surface area contributed by atoms with Crippen LogP contribution in [0.3, 0.4) is 0 Å². The Balaban J connectivity index is 1.95. The van der Waals surface area contributed by atoms with Gasteiger partial charge >= 0.3 is 0 Å². The molecule has 2 rings (SSSR count). The van der Waals surface area contributed by atoms with Crippen LogP contribution in [0.4, 0.5) is 5.69 Å². The first kappa shape index (κ1) is 17.7. The predicted molar refractivity (Wildman–Crippen MR) is 95.6 cm³/mol. The summed E-state index contributed by atoms with van der Waals surface area (Å²) in [6.45, 7) is 4.43. The lowest BCUT2D eigenvalue weighted by Gasteiger charge is -2.14. The van der Waals surface area contributed by atoms with Crippen LogP contribution >= 0.6 is 0 Å². The van der Waals surface area contributed by atoms with Gasteiger partial charge in [0.1, 0.15) is 0 Å². The van der Waals surface area contributed by atoms with Crippen molar-refractivity contribution in [1.29, 1.82) is 0 Å². The van der Waals surface area contributed by atoms with Gasteiger partial charge in [0.15, 0.2) is 11.5 Å². The maximum absolute atomic E-state index is 12.3. The summed E-state index contributed by atoms with van der Waals surface area (Å²) < 4.78 is 11.0. The number of nitrogens with one attached hydrogen (secondary N) is 1. The number of benzene rings is 2. The highest BCUT2D eigenvalue weighted by Gasteiger charge is 2.11. The Labute approximate surface area is 142 Å². The number of ether oxygens (including phenoxy) is 2. The van der Waals surface area contributed by atoms with Crippen LogP contribution in [0, 0.1) is 0 Å². The third kappa shape index (κ3) is 4.91. The smallest absolute Gasteiger partial charge is 0.251 e. The van der Waals surface area contributed by atoms with Crippen LogP contribution in [0.25, 0.3) is 0 Å². The molecule has 0 saturated heterocycles. The van der Waals surface area contributed by atoms with E-state index in [1.807, 2.05) is 38.1 Å². The summed E-state index contributed by atoms with van der Waals surface area (Å²) in [7, 11) is 1.56. The Kier molecular flexibility index (Phi) is 6.07. The van der Waals surface area contributed by atoms with Gasteiger partial charge in [0.2, 0.25) is 0 Å². The Morgan fingerprint density at radius 3 is 2.46 bits per heavy atom. The summed E-state index contributed by atoms with van der Waals surface area (Å²) in [4.78, 5) is 12.3. The van der Waals surface area contributed by atoms with Crippen LogP contribution in [0.1, 0.15) is 29.8 Å². The molecule has 0 spiro atoms. The fraction of sp³-hybridized carbons (Fsp3) is 0.316. The number of nitrogen functional groups attached to an aromatic ring is 1. The highest BCUT2D eigenvalue weighted by molar-refractivity contribution is 5.94. The highest BCUT2D eigenvalue weighted by atomic mass is 16.5. The second-order valence-electron chi connectivity index (χ2n) is 5.78. The van der Waals surface area contributed by atoms with Crippen molar-refractivity contribution >= 4 is 11.6 Å². The third-order valence-corrected chi connectivity index (χ3v) is 3.47.